The summed E-state index contributed by atoms with van der Waals surface area (Å²) in [6.45, 7) is 9.34. The van der Waals surface area contributed by atoms with Crippen LogP contribution in [-0.4, -0.2) is 23.2 Å². The zero-order valence-electron chi connectivity index (χ0n) is 29.5. The fourth-order valence-electron chi connectivity index (χ4n) is 7.21. The third-order valence-corrected chi connectivity index (χ3v) is 14.2. The number of rotatable bonds is 7. The number of nitrogens with zero attached hydrogens (tertiary/aromatic N) is 2. The van der Waals surface area contributed by atoms with Crippen molar-refractivity contribution in [3.05, 3.63) is 115 Å². The smallest absolute Gasteiger partial charge is 0 e. The quantitative estimate of drug-likeness (QED) is 0.118. The van der Waals surface area contributed by atoms with Gasteiger partial charge < -0.3 is 9.40 Å². The van der Waals surface area contributed by atoms with E-state index in [1.165, 1.54) is 36.8 Å². The van der Waals surface area contributed by atoms with Crippen LogP contribution in [0.3, 0.4) is 0 Å². The molecule has 3 aromatic carbocycles. The molecule has 1 aliphatic carbocycles. The van der Waals surface area contributed by atoms with Crippen LogP contribution < -0.4 is 4.40 Å². The van der Waals surface area contributed by atoms with E-state index < -0.39 is 13.3 Å². The summed E-state index contributed by atoms with van der Waals surface area (Å²) in [5, 5.41) is 2.27. The fourth-order valence-corrected chi connectivity index (χ4v) is 10.5. The molecule has 5 heteroatoms. The molecule has 0 spiro atoms. The second kappa shape index (κ2) is 15.2. The molecular weight excluding hydrogens is 825 g/mol. The second-order valence-electron chi connectivity index (χ2n) is 15.2. The van der Waals surface area contributed by atoms with Crippen LogP contribution in [0, 0.1) is 24.0 Å². The molecule has 3 aromatic heterocycles. The largest absolute Gasteiger partial charge is 0 e. The van der Waals surface area contributed by atoms with Crippen molar-refractivity contribution in [2.24, 2.45) is 11.8 Å². The van der Waals surface area contributed by atoms with E-state index in [2.05, 4.69) is 111 Å². The Morgan fingerprint density at radius 2 is 1.60 bits per heavy atom. The molecule has 1 fully saturated rings. The monoisotopic (exact) mass is 875 g/mol. The minimum Gasteiger partial charge on any atom is 0 e. The summed E-state index contributed by atoms with van der Waals surface area (Å²) in [4.78, 5) is 9.38. The van der Waals surface area contributed by atoms with E-state index in [1.807, 2.05) is 42.6 Å². The van der Waals surface area contributed by atoms with Crippen LogP contribution >= 0.6 is 0 Å². The van der Waals surface area contributed by atoms with E-state index in [0.29, 0.717) is 5.92 Å². The molecule has 6 aromatic rings. The summed E-state index contributed by atoms with van der Waals surface area (Å²) in [5.41, 5.74) is 8.85. The zero-order valence-corrected chi connectivity index (χ0v) is 34.0. The van der Waals surface area contributed by atoms with Crippen LogP contribution in [0.2, 0.25) is 17.3 Å². The summed E-state index contributed by atoms with van der Waals surface area (Å²) >= 11 is -1.86. The van der Waals surface area contributed by atoms with Gasteiger partial charge in [0, 0.05) is 31.7 Å². The van der Waals surface area contributed by atoms with Gasteiger partial charge in [-0.3, -0.25) is 0 Å². The van der Waals surface area contributed by atoms with Crippen LogP contribution in [0.4, 0.5) is 0 Å². The molecule has 1 radical (unpaired) electrons. The Labute approximate surface area is 303 Å². The second-order valence-corrected chi connectivity index (χ2v) is 25.7. The van der Waals surface area contributed by atoms with Crippen molar-refractivity contribution in [1.82, 2.24) is 9.97 Å². The SMILES string of the molecule is CC(C)(c1ccnc(-c2[c-]ccc3c2oc2ccccc23)c1)C1CCCC1.CC(C)Cc1cc(-c2[c-]cccc2)nc[c]1[Ge]([CH3])([CH3])[CH3].[Ir]. The topological polar surface area (TPSA) is 38.9 Å². The first-order chi connectivity index (χ1) is 22.5. The minimum atomic E-state index is -1.86. The number of fused-ring (bicyclic) bond motifs is 3. The van der Waals surface area contributed by atoms with Crippen molar-refractivity contribution in [2.45, 2.75) is 82.5 Å². The molecule has 0 unspecified atom stereocenters. The van der Waals surface area contributed by atoms with Gasteiger partial charge in [-0.1, -0.05) is 61.9 Å². The van der Waals surface area contributed by atoms with Gasteiger partial charge in [0.1, 0.15) is 5.58 Å². The number of furan rings is 1. The Morgan fingerprint density at radius 1 is 0.854 bits per heavy atom. The van der Waals surface area contributed by atoms with Gasteiger partial charge in [0.2, 0.25) is 0 Å². The van der Waals surface area contributed by atoms with Crippen molar-refractivity contribution in [3.8, 4) is 22.5 Å². The van der Waals surface area contributed by atoms with Gasteiger partial charge in [0.25, 0.3) is 0 Å². The molecule has 251 valence electrons. The average Bonchev–Trinajstić information content (AvgIpc) is 3.74. The van der Waals surface area contributed by atoms with Gasteiger partial charge in [-0.25, -0.2) is 0 Å². The van der Waals surface area contributed by atoms with Gasteiger partial charge in [-0.05, 0) is 47.6 Å². The van der Waals surface area contributed by atoms with Crippen LogP contribution in [0.5, 0.6) is 0 Å². The predicted molar refractivity (Wildman–Crippen MR) is 201 cm³/mol. The van der Waals surface area contributed by atoms with Crippen molar-refractivity contribution >= 4 is 39.6 Å². The molecule has 0 aliphatic heterocycles. The molecule has 0 atom stereocenters. The van der Waals surface area contributed by atoms with Crippen LogP contribution in [-0.2, 0) is 31.9 Å². The standard InChI is InChI=1S/C25H24NO.C18H24GeN.Ir/c1-25(2,17-8-3-4-9-17)18-14-15-26-22(16-18)21-12-7-11-20-19-10-5-6-13-23(19)27-24(20)21;1-14(2)11-16-12-18(15-9-7-6-8-10-15)20-13-17(16)19(3,4)5;/h5-7,10-11,13-17H,3-4,8-9H2,1-2H3;6-9,12-14H,11H2,1-5H3;/q2*-1;. The van der Waals surface area contributed by atoms with E-state index in [0.717, 1.165) is 56.8 Å². The van der Waals surface area contributed by atoms with Crippen LogP contribution in [0.25, 0.3) is 44.5 Å². The Hall–Kier alpha value is -3.05. The number of benzene rings is 3. The first kappa shape index (κ1) is 36.2. The van der Waals surface area contributed by atoms with E-state index >= 15 is 0 Å². The van der Waals surface area contributed by atoms with Gasteiger partial charge in [0.05, 0.1) is 5.58 Å². The van der Waals surface area contributed by atoms with E-state index in [4.69, 9.17) is 9.40 Å². The van der Waals surface area contributed by atoms with E-state index in [-0.39, 0.29) is 25.5 Å². The summed E-state index contributed by atoms with van der Waals surface area (Å²) in [6.07, 6.45) is 10.6. The number of pyridine rings is 2. The Balaban J connectivity index is 0.000000193. The molecule has 3 nitrogen and oxygen atoms in total. The third kappa shape index (κ3) is 7.88. The fraction of sp³-hybridized carbons (Fsp3) is 0.349. The Kier molecular flexibility index (Phi) is 11.5. The molecule has 3 heterocycles. The van der Waals surface area contributed by atoms with E-state index in [1.54, 1.807) is 4.40 Å². The first-order valence-electron chi connectivity index (χ1n) is 17.3. The summed E-state index contributed by atoms with van der Waals surface area (Å²) < 4.78 is 7.73. The maximum Gasteiger partial charge on any atom is 0 e. The number of hydrogen-bond acceptors (Lipinski definition) is 3. The number of aromatic nitrogens is 2. The van der Waals surface area contributed by atoms with Gasteiger partial charge in [-0.2, -0.15) is 0 Å². The number of hydrogen-bond donors (Lipinski definition) is 0. The van der Waals surface area contributed by atoms with Crippen LogP contribution in [0.1, 0.15) is 64.5 Å². The molecule has 0 N–H and O–H groups in total. The molecule has 7 rings (SSSR count). The van der Waals surface area contributed by atoms with Crippen LogP contribution in [0.15, 0.2) is 95.7 Å². The van der Waals surface area contributed by atoms with Crippen molar-refractivity contribution in [2.75, 3.05) is 0 Å². The van der Waals surface area contributed by atoms with Gasteiger partial charge in [-0.15, -0.1) is 18.2 Å². The Bertz CT molecular complexity index is 1970. The normalized spacial score (nSPS) is 13.8. The molecule has 48 heavy (non-hydrogen) atoms. The Morgan fingerprint density at radius 3 is 2.31 bits per heavy atom. The summed E-state index contributed by atoms with van der Waals surface area (Å²) in [7, 11) is 0. The predicted octanol–water partition coefficient (Wildman–Crippen LogP) is 11.2. The van der Waals surface area contributed by atoms with Gasteiger partial charge in [0.15, 0.2) is 0 Å². The molecule has 0 amide bonds. The maximum atomic E-state index is 6.19. The van der Waals surface area contributed by atoms with Crippen molar-refractivity contribution in [1.29, 1.82) is 0 Å². The molecule has 1 aliphatic rings. The molecule has 1 saturated carbocycles. The minimum absolute atomic E-state index is 0. The molecule has 0 bridgehead atoms. The van der Waals surface area contributed by atoms with Gasteiger partial charge >= 0.3 is 126 Å². The zero-order chi connectivity index (χ0) is 33.2. The average molecular weight is 874 g/mol. The van der Waals surface area contributed by atoms with Crippen molar-refractivity contribution < 1.29 is 24.5 Å². The first-order valence-corrected chi connectivity index (χ1v) is 24.6. The maximum absolute atomic E-state index is 6.19. The van der Waals surface area contributed by atoms with Crippen molar-refractivity contribution in [3.63, 3.8) is 0 Å². The molecular formula is C43H48GeIrN2O-2. The summed E-state index contributed by atoms with van der Waals surface area (Å²) in [6, 6.07) is 33.7. The third-order valence-electron chi connectivity index (χ3n) is 9.89. The summed E-state index contributed by atoms with van der Waals surface area (Å²) in [5.74, 6) is 8.74. The number of para-hydroxylation sites is 1. The van der Waals surface area contributed by atoms with E-state index in [9.17, 15) is 0 Å². The molecule has 0 saturated heterocycles.